The maximum atomic E-state index is 5.52. The summed E-state index contributed by atoms with van der Waals surface area (Å²) < 4.78 is 5.52. The molecule has 0 amide bonds. The fourth-order valence-electron chi connectivity index (χ4n) is 3.66. The molecule has 0 radical (unpaired) electrons. The van der Waals surface area contributed by atoms with Crippen LogP contribution in [0.3, 0.4) is 0 Å². The highest BCUT2D eigenvalue weighted by Crippen LogP contribution is 2.45. The van der Waals surface area contributed by atoms with Crippen molar-refractivity contribution in [1.82, 2.24) is 4.90 Å². The van der Waals surface area contributed by atoms with Gasteiger partial charge in [-0.15, -0.1) is 6.58 Å². The lowest BCUT2D eigenvalue weighted by molar-refractivity contribution is 0.213. The van der Waals surface area contributed by atoms with Crippen LogP contribution in [0.15, 0.2) is 30.9 Å². The molecule has 1 saturated heterocycles. The standard InChI is InChI=1S/C16H21NO/c1-3-5-12-8-10-17-11-9-13-14(16(12)17)6-4-7-15(13)18-2/h3-4,6-7,12,16H,1,5,8-11H2,2H3/t12-,16+/m0/s1. The van der Waals surface area contributed by atoms with Crippen LogP contribution in [0.25, 0.3) is 0 Å². The van der Waals surface area contributed by atoms with Crippen LogP contribution >= 0.6 is 0 Å². The number of benzene rings is 1. The molecule has 2 heterocycles. The van der Waals surface area contributed by atoms with E-state index in [1.165, 1.54) is 30.6 Å². The van der Waals surface area contributed by atoms with Crippen molar-refractivity contribution >= 4 is 0 Å². The fraction of sp³-hybridized carbons (Fsp3) is 0.500. The Morgan fingerprint density at radius 2 is 2.33 bits per heavy atom. The van der Waals surface area contributed by atoms with Gasteiger partial charge >= 0.3 is 0 Å². The van der Waals surface area contributed by atoms with Gasteiger partial charge in [0.05, 0.1) is 7.11 Å². The predicted octanol–water partition coefficient (Wildman–Crippen LogP) is 3.19. The third-order valence-corrected chi connectivity index (χ3v) is 4.45. The van der Waals surface area contributed by atoms with Crippen molar-refractivity contribution in [2.75, 3.05) is 20.2 Å². The van der Waals surface area contributed by atoms with Crippen LogP contribution < -0.4 is 4.74 Å². The van der Waals surface area contributed by atoms with Crippen LogP contribution in [-0.2, 0) is 6.42 Å². The largest absolute Gasteiger partial charge is 0.496 e. The Morgan fingerprint density at radius 3 is 3.11 bits per heavy atom. The first kappa shape index (κ1) is 11.8. The van der Waals surface area contributed by atoms with Gasteiger partial charge in [-0.3, -0.25) is 4.90 Å². The maximum absolute atomic E-state index is 5.52. The van der Waals surface area contributed by atoms with Crippen molar-refractivity contribution < 1.29 is 4.74 Å². The summed E-state index contributed by atoms with van der Waals surface area (Å²) in [5.74, 6) is 1.80. The van der Waals surface area contributed by atoms with Crippen LogP contribution in [0.2, 0.25) is 0 Å². The first-order valence-corrected chi connectivity index (χ1v) is 6.86. The Balaban J connectivity index is 2.01. The second-order valence-corrected chi connectivity index (χ2v) is 5.33. The van der Waals surface area contributed by atoms with Crippen molar-refractivity contribution in [3.05, 3.63) is 42.0 Å². The van der Waals surface area contributed by atoms with E-state index in [9.17, 15) is 0 Å². The van der Waals surface area contributed by atoms with Crippen molar-refractivity contribution in [1.29, 1.82) is 0 Å². The van der Waals surface area contributed by atoms with E-state index in [4.69, 9.17) is 4.74 Å². The van der Waals surface area contributed by atoms with E-state index in [1.807, 2.05) is 0 Å². The molecule has 2 aliphatic heterocycles. The molecule has 1 fully saturated rings. The monoisotopic (exact) mass is 243 g/mol. The summed E-state index contributed by atoms with van der Waals surface area (Å²) in [6, 6.07) is 7.09. The van der Waals surface area contributed by atoms with Gasteiger partial charge in [0.1, 0.15) is 5.75 Å². The molecule has 0 aromatic heterocycles. The van der Waals surface area contributed by atoms with E-state index in [-0.39, 0.29) is 0 Å². The zero-order valence-corrected chi connectivity index (χ0v) is 11.1. The lowest BCUT2D eigenvalue weighted by Crippen LogP contribution is -2.33. The molecule has 0 saturated carbocycles. The number of hydrogen-bond acceptors (Lipinski definition) is 2. The molecule has 0 aliphatic carbocycles. The highest BCUT2D eigenvalue weighted by Gasteiger charge is 2.38. The SMILES string of the molecule is C=CC[C@H]1CCN2CCc3c(OC)cccc3[C@@H]12. The summed E-state index contributed by atoms with van der Waals surface area (Å²) in [6.07, 6.45) is 5.62. The van der Waals surface area contributed by atoms with E-state index in [0.717, 1.165) is 24.5 Å². The third-order valence-electron chi connectivity index (χ3n) is 4.45. The van der Waals surface area contributed by atoms with Gasteiger partial charge in [-0.1, -0.05) is 18.2 Å². The molecule has 1 aromatic carbocycles. The first-order chi connectivity index (χ1) is 8.85. The average Bonchev–Trinajstić information content (AvgIpc) is 2.82. The van der Waals surface area contributed by atoms with E-state index in [0.29, 0.717) is 6.04 Å². The van der Waals surface area contributed by atoms with Gasteiger partial charge in [0.15, 0.2) is 0 Å². The number of fused-ring (bicyclic) bond motifs is 3. The summed E-state index contributed by atoms with van der Waals surface area (Å²) in [6.45, 7) is 6.32. The van der Waals surface area contributed by atoms with E-state index < -0.39 is 0 Å². The Bertz CT molecular complexity index is 454. The highest BCUT2D eigenvalue weighted by molar-refractivity contribution is 5.44. The van der Waals surface area contributed by atoms with E-state index in [1.54, 1.807) is 7.11 Å². The third kappa shape index (κ3) is 1.76. The Kier molecular flexibility index (Phi) is 3.13. The quantitative estimate of drug-likeness (QED) is 0.756. The molecule has 2 aliphatic rings. The number of nitrogens with zero attached hydrogens (tertiary/aromatic N) is 1. The maximum Gasteiger partial charge on any atom is 0.122 e. The van der Waals surface area contributed by atoms with Gasteiger partial charge in [0.2, 0.25) is 0 Å². The summed E-state index contributed by atoms with van der Waals surface area (Å²) in [5.41, 5.74) is 2.92. The number of allylic oxidation sites excluding steroid dienone is 1. The van der Waals surface area contributed by atoms with Crippen LogP contribution in [0.1, 0.15) is 30.0 Å². The highest BCUT2D eigenvalue weighted by atomic mass is 16.5. The van der Waals surface area contributed by atoms with Gasteiger partial charge in [-0.05, 0) is 43.4 Å². The Hall–Kier alpha value is -1.28. The van der Waals surface area contributed by atoms with Gasteiger partial charge < -0.3 is 4.74 Å². The predicted molar refractivity (Wildman–Crippen MR) is 73.9 cm³/mol. The van der Waals surface area contributed by atoms with Crippen molar-refractivity contribution in [3.63, 3.8) is 0 Å². The average molecular weight is 243 g/mol. The summed E-state index contributed by atoms with van der Waals surface area (Å²) in [7, 11) is 1.78. The topological polar surface area (TPSA) is 12.5 Å². The lowest BCUT2D eigenvalue weighted by atomic mass is 9.85. The molecule has 18 heavy (non-hydrogen) atoms. The minimum Gasteiger partial charge on any atom is -0.496 e. The summed E-state index contributed by atoms with van der Waals surface area (Å²) >= 11 is 0. The molecule has 2 atom stereocenters. The van der Waals surface area contributed by atoms with Crippen molar-refractivity contribution in [2.24, 2.45) is 5.92 Å². The summed E-state index contributed by atoms with van der Waals surface area (Å²) in [5, 5.41) is 0. The van der Waals surface area contributed by atoms with Crippen LogP contribution in [0.5, 0.6) is 5.75 Å². The van der Waals surface area contributed by atoms with Crippen LogP contribution in [0, 0.1) is 5.92 Å². The molecule has 0 unspecified atom stereocenters. The molecular formula is C16H21NO. The number of rotatable bonds is 3. The zero-order valence-electron chi connectivity index (χ0n) is 11.1. The molecule has 96 valence electrons. The summed E-state index contributed by atoms with van der Waals surface area (Å²) in [4.78, 5) is 2.63. The Labute approximate surface area is 109 Å². The van der Waals surface area contributed by atoms with Crippen molar-refractivity contribution in [2.45, 2.75) is 25.3 Å². The molecule has 1 aromatic rings. The normalized spacial score (nSPS) is 26.5. The van der Waals surface area contributed by atoms with E-state index in [2.05, 4.69) is 35.8 Å². The molecule has 0 bridgehead atoms. The van der Waals surface area contributed by atoms with Gasteiger partial charge in [0, 0.05) is 18.2 Å². The lowest BCUT2D eigenvalue weighted by Gasteiger charge is -2.35. The van der Waals surface area contributed by atoms with Crippen molar-refractivity contribution in [3.8, 4) is 5.75 Å². The number of ether oxygens (including phenoxy) is 1. The fourth-order valence-corrected chi connectivity index (χ4v) is 3.66. The molecular weight excluding hydrogens is 222 g/mol. The molecule has 2 nitrogen and oxygen atoms in total. The Morgan fingerprint density at radius 1 is 1.44 bits per heavy atom. The number of hydrogen-bond donors (Lipinski definition) is 0. The van der Waals surface area contributed by atoms with Gasteiger partial charge in [-0.25, -0.2) is 0 Å². The minimum atomic E-state index is 0.585. The van der Waals surface area contributed by atoms with Gasteiger partial charge in [0.25, 0.3) is 0 Å². The van der Waals surface area contributed by atoms with Crippen LogP contribution in [-0.4, -0.2) is 25.1 Å². The van der Waals surface area contributed by atoms with Crippen LogP contribution in [0.4, 0.5) is 0 Å². The zero-order chi connectivity index (χ0) is 12.5. The molecule has 0 N–H and O–H groups in total. The second-order valence-electron chi connectivity index (χ2n) is 5.33. The molecule has 0 spiro atoms. The number of methoxy groups -OCH3 is 1. The molecule has 3 rings (SSSR count). The minimum absolute atomic E-state index is 0.585. The van der Waals surface area contributed by atoms with E-state index >= 15 is 0 Å². The van der Waals surface area contributed by atoms with Gasteiger partial charge in [-0.2, -0.15) is 0 Å². The molecule has 2 heteroatoms. The smallest absolute Gasteiger partial charge is 0.122 e. The second kappa shape index (κ2) is 4.77. The first-order valence-electron chi connectivity index (χ1n) is 6.86.